The minimum atomic E-state index is 0.402. The van der Waals surface area contributed by atoms with E-state index in [0.717, 1.165) is 30.2 Å². The number of hydrogen-bond acceptors (Lipinski definition) is 4. The number of rotatable bonds is 6. The first-order chi connectivity index (χ1) is 8.08. The molecule has 1 aromatic heterocycles. The van der Waals surface area contributed by atoms with E-state index in [1.54, 1.807) is 7.11 Å². The molecule has 0 bridgehead atoms. The maximum Gasteiger partial charge on any atom is 0.129 e. The van der Waals surface area contributed by atoms with Crippen molar-refractivity contribution in [1.82, 2.24) is 4.98 Å². The monoisotopic (exact) mass is 253 g/mol. The van der Waals surface area contributed by atoms with Gasteiger partial charge in [-0.05, 0) is 26.0 Å². The molecule has 17 heavy (non-hydrogen) atoms. The zero-order valence-corrected chi connectivity index (χ0v) is 11.4. The first kappa shape index (κ1) is 13.9. The summed E-state index contributed by atoms with van der Waals surface area (Å²) in [5.74, 6) is 0.896. The van der Waals surface area contributed by atoms with Crippen LogP contribution < -0.4 is 10.6 Å². The maximum atomic E-state index is 5.65. The van der Waals surface area contributed by atoms with Gasteiger partial charge in [-0.2, -0.15) is 0 Å². The smallest absolute Gasteiger partial charge is 0.129 e. The number of hydrogen-bond donors (Lipinski definition) is 1. The first-order valence-electron chi connectivity index (χ1n) is 5.60. The third kappa shape index (κ3) is 3.94. The average Bonchev–Trinajstić information content (AvgIpc) is 2.29. The van der Waals surface area contributed by atoms with Gasteiger partial charge < -0.3 is 15.4 Å². The molecule has 0 radical (unpaired) electrons. The molecular formula is C12H19N3OS. The van der Waals surface area contributed by atoms with E-state index in [1.807, 2.05) is 19.1 Å². The molecule has 0 saturated carbocycles. The fourth-order valence-electron chi connectivity index (χ4n) is 1.59. The number of aryl methyl sites for hydroxylation is 1. The quantitative estimate of drug-likeness (QED) is 0.779. The van der Waals surface area contributed by atoms with Crippen molar-refractivity contribution in [2.75, 3.05) is 31.7 Å². The average molecular weight is 253 g/mol. The molecule has 2 N–H and O–H groups in total. The van der Waals surface area contributed by atoms with Gasteiger partial charge in [0.1, 0.15) is 10.8 Å². The SMILES string of the molecule is CCN(CCOC)c1cc(C(N)=S)cc(C)n1. The van der Waals surface area contributed by atoms with Crippen LogP contribution in [-0.4, -0.2) is 36.8 Å². The number of nitrogens with two attached hydrogens (primary N) is 1. The molecule has 1 aromatic rings. The molecule has 5 heteroatoms. The van der Waals surface area contributed by atoms with Gasteiger partial charge in [0.15, 0.2) is 0 Å². The van der Waals surface area contributed by atoms with Crippen LogP contribution >= 0.6 is 12.2 Å². The van der Waals surface area contributed by atoms with Crippen LogP contribution in [0.1, 0.15) is 18.2 Å². The lowest BCUT2D eigenvalue weighted by atomic mass is 10.2. The molecule has 0 atom stereocenters. The summed E-state index contributed by atoms with van der Waals surface area (Å²) in [5.41, 5.74) is 7.43. The molecule has 0 aromatic carbocycles. The predicted octanol–water partition coefficient (Wildman–Crippen LogP) is 1.50. The first-order valence-corrected chi connectivity index (χ1v) is 6.01. The van der Waals surface area contributed by atoms with Crippen molar-refractivity contribution in [3.8, 4) is 0 Å². The summed E-state index contributed by atoms with van der Waals surface area (Å²) >= 11 is 5.00. The second kappa shape index (κ2) is 6.51. The van der Waals surface area contributed by atoms with Gasteiger partial charge in [-0.15, -0.1) is 0 Å². The van der Waals surface area contributed by atoms with Gasteiger partial charge >= 0.3 is 0 Å². The van der Waals surface area contributed by atoms with E-state index in [-0.39, 0.29) is 0 Å². The summed E-state index contributed by atoms with van der Waals surface area (Å²) in [6.07, 6.45) is 0. The van der Waals surface area contributed by atoms with Gasteiger partial charge in [-0.25, -0.2) is 4.98 Å². The zero-order chi connectivity index (χ0) is 12.8. The summed E-state index contributed by atoms with van der Waals surface area (Å²) in [5, 5.41) is 0. The summed E-state index contributed by atoms with van der Waals surface area (Å²) in [7, 11) is 1.69. The molecule has 0 aliphatic rings. The minimum Gasteiger partial charge on any atom is -0.389 e. The van der Waals surface area contributed by atoms with Crippen LogP contribution in [0.25, 0.3) is 0 Å². The van der Waals surface area contributed by atoms with Crippen LogP contribution in [0.4, 0.5) is 5.82 Å². The number of aromatic nitrogens is 1. The van der Waals surface area contributed by atoms with Crippen molar-refractivity contribution in [2.24, 2.45) is 5.73 Å². The molecule has 94 valence electrons. The van der Waals surface area contributed by atoms with Crippen molar-refractivity contribution in [3.63, 3.8) is 0 Å². The van der Waals surface area contributed by atoms with E-state index < -0.39 is 0 Å². The molecule has 1 rings (SSSR count). The van der Waals surface area contributed by atoms with E-state index >= 15 is 0 Å². The molecule has 0 fully saturated rings. The van der Waals surface area contributed by atoms with Gasteiger partial charge in [-0.1, -0.05) is 12.2 Å². The largest absolute Gasteiger partial charge is 0.389 e. The van der Waals surface area contributed by atoms with Gasteiger partial charge in [-0.3, -0.25) is 0 Å². The van der Waals surface area contributed by atoms with Crippen LogP contribution in [0, 0.1) is 6.92 Å². The topological polar surface area (TPSA) is 51.4 Å². The Morgan fingerprint density at radius 1 is 1.53 bits per heavy atom. The van der Waals surface area contributed by atoms with E-state index in [9.17, 15) is 0 Å². The highest BCUT2D eigenvalue weighted by molar-refractivity contribution is 7.80. The fraction of sp³-hybridized carbons (Fsp3) is 0.500. The van der Waals surface area contributed by atoms with Crippen molar-refractivity contribution >= 4 is 23.0 Å². The standard InChI is InChI=1S/C12H19N3OS/c1-4-15(5-6-16-3)11-8-10(12(13)17)7-9(2)14-11/h7-8H,4-6H2,1-3H3,(H2,13,17). The van der Waals surface area contributed by atoms with E-state index in [1.165, 1.54) is 0 Å². The number of likely N-dealkylation sites (N-methyl/N-ethyl adjacent to an activating group) is 1. The molecule has 0 saturated heterocycles. The van der Waals surface area contributed by atoms with Crippen molar-refractivity contribution in [3.05, 3.63) is 23.4 Å². The molecule has 4 nitrogen and oxygen atoms in total. The Hall–Kier alpha value is -1.20. The van der Waals surface area contributed by atoms with Crippen LogP contribution in [-0.2, 0) is 4.74 Å². The molecular weight excluding hydrogens is 234 g/mol. The van der Waals surface area contributed by atoms with E-state index in [2.05, 4.69) is 16.8 Å². The molecule has 0 aliphatic carbocycles. The van der Waals surface area contributed by atoms with E-state index in [0.29, 0.717) is 11.6 Å². The second-order valence-electron chi connectivity index (χ2n) is 3.79. The van der Waals surface area contributed by atoms with Crippen LogP contribution in [0.5, 0.6) is 0 Å². The Balaban J connectivity index is 2.98. The Morgan fingerprint density at radius 3 is 2.76 bits per heavy atom. The molecule has 0 aliphatic heterocycles. The zero-order valence-electron chi connectivity index (χ0n) is 10.6. The summed E-state index contributed by atoms with van der Waals surface area (Å²) in [4.78, 5) is 7.04. The highest BCUT2D eigenvalue weighted by Crippen LogP contribution is 2.14. The molecule has 0 spiro atoms. The van der Waals surface area contributed by atoms with Gasteiger partial charge in [0, 0.05) is 31.5 Å². The lowest BCUT2D eigenvalue weighted by Crippen LogP contribution is -2.28. The second-order valence-corrected chi connectivity index (χ2v) is 4.23. The third-order valence-corrected chi connectivity index (χ3v) is 2.73. The van der Waals surface area contributed by atoms with Crippen LogP contribution in [0.2, 0.25) is 0 Å². The number of pyridine rings is 1. The Labute approximate surface area is 108 Å². The Kier molecular flexibility index (Phi) is 5.31. The van der Waals surface area contributed by atoms with Gasteiger partial charge in [0.2, 0.25) is 0 Å². The minimum absolute atomic E-state index is 0.402. The summed E-state index contributed by atoms with van der Waals surface area (Å²) < 4.78 is 5.08. The van der Waals surface area contributed by atoms with E-state index in [4.69, 9.17) is 22.7 Å². The summed E-state index contributed by atoms with van der Waals surface area (Å²) in [6.45, 7) is 6.37. The number of nitrogens with zero attached hydrogens (tertiary/aromatic N) is 2. The van der Waals surface area contributed by atoms with Crippen LogP contribution in [0.3, 0.4) is 0 Å². The van der Waals surface area contributed by atoms with Crippen molar-refractivity contribution in [2.45, 2.75) is 13.8 Å². The highest BCUT2D eigenvalue weighted by atomic mass is 32.1. The lowest BCUT2D eigenvalue weighted by molar-refractivity contribution is 0.205. The fourth-order valence-corrected chi connectivity index (χ4v) is 1.71. The van der Waals surface area contributed by atoms with Gasteiger partial charge in [0.25, 0.3) is 0 Å². The normalized spacial score (nSPS) is 10.3. The highest BCUT2D eigenvalue weighted by Gasteiger charge is 2.08. The Morgan fingerprint density at radius 2 is 2.24 bits per heavy atom. The molecule has 0 amide bonds. The van der Waals surface area contributed by atoms with Gasteiger partial charge in [0.05, 0.1) is 6.61 Å². The third-order valence-electron chi connectivity index (χ3n) is 2.50. The number of anilines is 1. The molecule has 1 heterocycles. The molecule has 0 unspecified atom stereocenters. The lowest BCUT2D eigenvalue weighted by Gasteiger charge is -2.22. The summed E-state index contributed by atoms with van der Waals surface area (Å²) in [6, 6.07) is 3.82. The predicted molar refractivity (Wildman–Crippen MR) is 74.6 cm³/mol. The van der Waals surface area contributed by atoms with Crippen molar-refractivity contribution in [1.29, 1.82) is 0 Å². The number of methoxy groups -OCH3 is 1. The maximum absolute atomic E-state index is 5.65. The number of ether oxygens (including phenoxy) is 1. The number of thiocarbonyl (C=S) groups is 1. The Bertz CT molecular complexity index is 395. The van der Waals surface area contributed by atoms with Crippen molar-refractivity contribution < 1.29 is 4.74 Å². The van der Waals surface area contributed by atoms with Crippen LogP contribution in [0.15, 0.2) is 12.1 Å².